The summed E-state index contributed by atoms with van der Waals surface area (Å²) in [7, 11) is 1.24. The number of hydrogen-bond donors (Lipinski definition) is 1. The lowest BCUT2D eigenvalue weighted by molar-refractivity contribution is 0.0620. The van der Waals surface area contributed by atoms with Gasteiger partial charge < -0.3 is 10.0 Å². The van der Waals surface area contributed by atoms with Crippen molar-refractivity contribution in [3.05, 3.63) is 35.4 Å². The van der Waals surface area contributed by atoms with Gasteiger partial charge in [-0.15, -0.1) is 0 Å². The van der Waals surface area contributed by atoms with Crippen LogP contribution in [0.3, 0.4) is 0 Å². The van der Waals surface area contributed by atoms with Crippen molar-refractivity contribution < 1.29 is 23.5 Å². The number of halogens is 2. The zero-order chi connectivity index (χ0) is 13.0. The third-order valence-electron chi connectivity index (χ3n) is 2.12. The Morgan fingerprint density at radius 3 is 2.47 bits per heavy atom. The minimum atomic E-state index is -2.62. The molecule has 0 bridgehead atoms. The third-order valence-corrected chi connectivity index (χ3v) is 2.12. The van der Waals surface area contributed by atoms with Crippen LogP contribution in [0.1, 0.15) is 20.7 Å². The maximum Gasteiger partial charge on any atom is 0.335 e. The molecule has 0 aliphatic heterocycles. The number of aromatic carboxylic acids is 1. The topological polar surface area (TPSA) is 57.6 Å². The van der Waals surface area contributed by atoms with Crippen molar-refractivity contribution in [1.29, 1.82) is 0 Å². The van der Waals surface area contributed by atoms with Gasteiger partial charge in [-0.3, -0.25) is 4.79 Å². The van der Waals surface area contributed by atoms with Gasteiger partial charge in [-0.05, 0) is 18.2 Å². The smallest absolute Gasteiger partial charge is 0.335 e. The summed E-state index contributed by atoms with van der Waals surface area (Å²) in [5.41, 5.74) is 0.0225. The molecule has 0 unspecified atom stereocenters. The van der Waals surface area contributed by atoms with Crippen LogP contribution in [0.5, 0.6) is 0 Å². The Labute approximate surface area is 96.5 Å². The molecule has 0 aliphatic carbocycles. The number of hydrogen-bond acceptors (Lipinski definition) is 2. The van der Waals surface area contributed by atoms with Gasteiger partial charge in [-0.25, -0.2) is 13.6 Å². The van der Waals surface area contributed by atoms with Gasteiger partial charge in [0.1, 0.15) is 0 Å². The van der Waals surface area contributed by atoms with Crippen LogP contribution in [-0.4, -0.2) is 41.9 Å². The van der Waals surface area contributed by atoms with E-state index in [1.807, 2.05) is 0 Å². The fraction of sp³-hybridized carbons (Fsp3) is 0.273. The van der Waals surface area contributed by atoms with Crippen LogP contribution in [0.15, 0.2) is 24.3 Å². The summed E-state index contributed by atoms with van der Waals surface area (Å²) >= 11 is 0. The van der Waals surface area contributed by atoms with Gasteiger partial charge in [0.2, 0.25) is 0 Å². The monoisotopic (exact) mass is 243 g/mol. The van der Waals surface area contributed by atoms with Crippen molar-refractivity contribution in [1.82, 2.24) is 4.90 Å². The Kier molecular flexibility index (Phi) is 4.14. The molecule has 0 fully saturated rings. The molecule has 0 saturated carbocycles. The number of nitrogens with zero attached hydrogens (tertiary/aromatic N) is 1. The van der Waals surface area contributed by atoms with E-state index in [1.165, 1.54) is 25.2 Å². The van der Waals surface area contributed by atoms with Crippen molar-refractivity contribution in [2.45, 2.75) is 6.43 Å². The first-order valence-electron chi connectivity index (χ1n) is 4.78. The summed E-state index contributed by atoms with van der Waals surface area (Å²) in [6.07, 6.45) is -2.62. The maximum absolute atomic E-state index is 12.1. The fourth-order valence-electron chi connectivity index (χ4n) is 1.30. The number of rotatable bonds is 4. The van der Waals surface area contributed by atoms with E-state index in [4.69, 9.17) is 5.11 Å². The predicted molar refractivity (Wildman–Crippen MR) is 56.4 cm³/mol. The molecule has 0 spiro atoms. The van der Waals surface area contributed by atoms with E-state index in [0.717, 1.165) is 11.0 Å². The lowest BCUT2D eigenvalue weighted by atomic mass is 10.1. The van der Waals surface area contributed by atoms with Gasteiger partial charge in [0.25, 0.3) is 12.3 Å². The zero-order valence-corrected chi connectivity index (χ0v) is 9.06. The van der Waals surface area contributed by atoms with Crippen LogP contribution in [0.25, 0.3) is 0 Å². The lowest BCUT2D eigenvalue weighted by Gasteiger charge is -2.16. The van der Waals surface area contributed by atoms with Crippen molar-refractivity contribution in [2.24, 2.45) is 0 Å². The van der Waals surface area contributed by atoms with Gasteiger partial charge in [0.05, 0.1) is 12.1 Å². The van der Waals surface area contributed by atoms with Crippen LogP contribution in [0, 0.1) is 0 Å². The number of carboxylic acids is 1. The van der Waals surface area contributed by atoms with E-state index in [1.54, 1.807) is 0 Å². The van der Waals surface area contributed by atoms with Crippen LogP contribution >= 0.6 is 0 Å². The summed E-state index contributed by atoms with van der Waals surface area (Å²) in [5, 5.41) is 8.73. The molecule has 1 rings (SSSR count). The summed E-state index contributed by atoms with van der Waals surface area (Å²) in [4.78, 5) is 23.2. The second kappa shape index (κ2) is 5.38. The highest BCUT2D eigenvalue weighted by atomic mass is 19.3. The number of benzene rings is 1. The first kappa shape index (κ1) is 13.1. The molecule has 4 nitrogen and oxygen atoms in total. The molecule has 0 atom stereocenters. The molecule has 92 valence electrons. The Morgan fingerprint density at radius 1 is 1.35 bits per heavy atom. The highest BCUT2D eigenvalue weighted by Gasteiger charge is 2.16. The molecule has 1 aromatic carbocycles. The normalized spacial score (nSPS) is 10.4. The highest BCUT2D eigenvalue weighted by Crippen LogP contribution is 2.09. The summed E-state index contributed by atoms with van der Waals surface area (Å²) < 4.78 is 24.2. The minimum Gasteiger partial charge on any atom is -0.478 e. The average molecular weight is 243 g/mol. The molecule has 17 heavy (non-hydrogen) atoms. The fourth-order valence-corrected chi connectivity index (χ4v) is 1.30. The summed E-state index contributed by atoms with van der Waals surface area (Å²) in [6.45, 7) is -0.684. The van der Waals surface area contributed by atoms with Crippen LogP contribution in [0.2, 0.25) is 0 Å². The van der Waals surface area contributed by atoms with E-state index in [-0.39, 0.29) is 11.1 Å². The van der Waals surface area contributed by atoms with Gasteiger partial charge in [-0.1, -0.05) is 6.07 Å². The Bertz CT molecular complexity index is 434. The molecule has 1 amide bonds. The van der Waals surface area contributed by atoms with Crippen LogP contribution in [-0.2, 0) is 0 Å². The molecule has 0 aliphatic rings. The van der Waals surface area contributed by atoms with Crippen LogP contribution < -0.4 is 0 Å². The Hall–Kier alpha value is -1.98. The molecule has 1 N–H and O–H groups in total. The number of carboxylic acid groups (broad SMARTS) is 1. The first-order valence-corrected chi connectivity index (χ1v) is 4.78. The summed E-state index contributed by atoms with van der Waals surface area (Å²) in [6, 6.07) is 5.27. The largest absolute Gasteiger partial charge is 0.478 e. The lowest BCUT2D eigenvalue weighted by Crippen LogP contribution is -2.31. The molecule has 0 radical (unpaired) electrons. The van der Waals surface area contributed by atoms with Crippen molar-refractivity contribution in [2.75, 3.05) is 13.6 Å². The second-order valence-electron chi connectivity index (χ2n) is 3.46. The molecule has 1 aromatic rings. The zero-order valence-electron chi connectivity index (χ0n) is 9.06. The predicted octanol–water partition coefficient (Wildman–Crippen LogP) is 1.72. The molecular weight excluding hydrogens is 232 g/mol. The number of amides is 1. The maximum atomic E-state index is 12.1. The van der Waals surface area contributed by atoms with Gasteiger partial charge in [-0.2, -0.15) is 0 Å². The Balaban J connectivity index is 2.89. The summed E-state index contributed by atoms with van der Waals surface area (Å²) in [5.74, 6) is -1.80. The number of alkyl halides is 2. The van der Waals surface area contributed by atoms with E-state index in [9.17, 15) is 18.4 Å². The average Bonchev–Trinajstić information content (AvgIpc) is 2.27. The molecule has 0 aromatic heterocycles. The Morgan fingerprint density at radius 2 is 1.94 bits per heavy atom. The molecule has 0 saturated heterocycles. The van der Waals surface area contributed by atoms with Crippen LogP contribution in [0.4, 0.5) is 8.78 Å². The van der Waals surface area contributed by atoms with E-state index in [0.29, 0.717) is 0 Å². The van der Waals surface area contributed by atoms with Crippen molar-refractivity contribution in [3.63, 3.8) is 0 Å². The van der Waals surface area contributed by atoms with E-state index >= 15 is 0 Å². The second-order valence-corrected chi connectivity index (χ2v) is 3.46. The SMILES string of the molecule is CN(CC(F)F)C(=O)c1cccc(C(=O)O)c1. The number of carbonyl (C=O) groups is 2. The van der Waals surface area contributed by atoms with Gasteiger partial charge in [0.15, 0.2) is 0 Å². The minimum absolute atomic E-state index is 0.0544. The van der Waals surface area contributed by atoms with Crippen molar-refractivity contribution >= 4 is 11.9 Å². The first-order chi connectivity index (χ1) is 7.91. The third kappa shape index (κ3) is 3.51. The molecule has 6 heteroatoms. The van der Waals surface area contributed by atoms with E-state index in [2.05, 4.69) is 0 Å². The van der Waals surface area contributed by atoms with Gasteiger partial charge in [0, 0.05) is 12.6 Å². The van der Waals surface area contributed by atoms with E-state index < -0.39 is 24.8 Å². The number of carbonyl (C=O) groups excluding carboxylic acids is 1. The molecular formula is C11H11F2NO3. The highest BCUT2D eigenvalue weighted by molar-refractivity contribution is 5.97. The molecule has 0 heterocycles. The van der Waals surface area contributed by atoms with Crippen molar-refractivity contribution in [3.8, 4) is 0 Å². The quantitative estimate of drug-likeness (QED) is 0.876. The van der Waals surface area contributed by atoms with Gasteiger partial charge >= 0.3 is 5.97 Å². The standard InChI is InChI=1S/C11H11F2NO3/c1-14(6-9(12)13)10(15)7-3-2-4-8(5-7)11(16)17/h2-5,9H,6H2,1H3,(H,16,17).